The second-order valence-electron chi connectivity index (χ2n) is 6.03. The van der Waals surface area contributed by atoms with Crippen LogP contribution in [0.1, 0.15) is 12.8 Å². The van der Waals surface area contributed by atoms with Crippen LogP contribution in [-0.2, 0) is 4.79 Å². The maximum absolute atomic E-state index is 11.4. The lowest BCUT2D eigenvalue weighted by molar-refractivity contribution is -0.114. The molecule has 1 amide bonds. The van der Waals surface area contributed by atoms with Gasteiger partial charge in [0.1, 0.15) is 0 Å². The molecule has 1 aromatic carbocycles. The molecule has 0 unspecified atom stereocenters. The summed E-state index contributed by atoms with van der Waals surface area (Å²) >= 11 is 0. The maximum Gasteiger partial charge on any atom is 0.238 e. The van der Waals surface area contributed by atoms with Gasteiger partial charge in [0, 0.05) is 44.1 Å². The normalized spacial score (nSPS) is 17.1. The molecule has 0 aromatic heterocycles. The van der Waals surface area contributed by atoms with Crippen molar-refractivity contribution >= 4 is 54.5 Å². The summed E-state index contributed by atoms with van der Waals surface area (Å²) in [6.07, 6.45) is 2.84. The number of nitrogens with zero attached hydrogens (tertiary/aromatic N) is 2. The van der Waals surface area contributed by atoms with E-state index in [-0.39, 0.29) is 49.7 Å². The molecule has 2 fully saturated rings. The number of nitrogens with one attached hydrogen (secondary N) is 1. The van der Waals surface area contributed by atoms with Crippen LogP contribution in [0.5, 0.6) is 0 Å². The lowest BCUT2D eigenvalue weighted by Gasteiger charge is -2.36. The third kappa shape index (κ3) is 6.65. The van der Waals surface area contributed by atoms with Crippen LogP contribution < -0.4 is 16.0 Å². The Labute approximate surface area is 162 Å². The van der Waals surface area contributed by atoms with Gasteiger partial charge in [-0.25, -0.2) is 0 Å². The molecular weight excluding hydrogens is 371 g/mol. The lowest BCUT2D eigenvalue weighted by Crippen LogP contribution is -2.47. The second-order valence-corrected chi connectivity index (χ2v) is 6.03. The number of halogens is 3. The van der Waals surface area contributed by atoms with E-state index in [9.17, 15) is 4.79 Å². The lowest BCUT2D eigenvalue weighted by atomic mass is 10.2. The zero-order valence-corrected chi connectivity index (χ0v) is 16.1. The molecule has 1 aromatic rings. The average molecular weight is 398 g/mol. The number of hydrogen-bond donors (Lipinski definition) is 2. The minimum atomic E-state index is -0.151. The number of nitrogens with two attached hydrogens (primary N) is 1. The molecule has 1 saturated heterocycles. The van der Waals surface area contributed by atoms with Crippen molar-refractivity contribution in [1.82, 2.24) is 4.90 Å². The fraction of sp³-hybridized carbons (Fsp3) is 0.562. The molecule has 8 heteroatoms. The highest BCUT2D eigenvalue weighted by Crippen LogP contribution is 2.30. The van der Waals surface area contributed by atoms with Crippen LogP contribution in [0.3, 0.4) is 0 Å². The molecule has 0 spiro atoms. The number of anilines is 2. The fourth-order valence-electron chi connectivity index (χ4n) is 2.85. The van der Waals surface area contributed by atoms with Crippen molar-refractivity contribution in [2.45, 2.75) is 12.8 Å². The van der Waals surface area contributed by atoms with Gasteiger partial charge in [0.15, 0.2) is 0 Å². The molecule has 3 N–H and O–H groups in total. The minimum absolute atomic E-state index is 0. The summed E-state index contributed by atoms with van der Waals surface area (Å²) in [5, 5.41) is 2.81. The van der Waals surface area contributed by atoms with Gasteiger partial charge in [-0.3, -0.25) is 9.69 Å². The topological polar surface area (TPSA) is 61.6 Å². The van der Waals surface area contributed by atoms with Gasteiger partial charge in [-0.1, -0.05) is 6.07 Å². The predicted molar refractivity (Wildman–Crippen MR) is 107 cm³/mol. The first-order valence-corrected chi connectivity index (χ1v) is 7.82. The van der Waals surface area contributed by atoms with Gasteiger partial charge in [0.25, 0.3) is 0 Å². The monoisotopic (exact) mass is 396 g/mol. The van der Waals surface area contributed by atoms with E-state index in [4.69, 9.17) is 5.73 Å². The van der Waals surface area contributed by atoms with Crippen LogP contribution in [0.2, 0.25) is 0 Å². The largest absolute Gasteiger partial charge is 0.369 e. The molecule has 1 aliphatic heterocycles. The summed E-state index contributed by atoms with van der Waals surface area (Å²) < 4.78 is 0. The average Bonchev–Trinajstić information content (AvgIpc) is 3.32. The third-order valence-electron chi connectivity index (χ3n) is 4.27. The summed E-state index contributed by atoms with van der Waals surface area (Å²) in [5.41, 5.74) is 7.33. The Hall–Kier alpha value is -0.720. The zero-order valence-electron chi connectivity index (χ0n) is 13.6. The molecule has 138 valence electrons. The number of piperazine rings is 1. The number of hydrogen-bond acceptors (Lipinski definition) is 4. The SMILES string of the molecule is Cl.Cl.Cl.NCC(=O)Nc1cccc(N2CCN(CC3CC3)CC2)c1. The van der Waals surface area contributed by atoms with E-state index >= 15 is 0 Å². The van der Waals surface area contributed by atoms with Crippen LogP contribution in [0.4, 0.5) is 11.4 Å². The molecule has 2 aliphatic rings. The van der Waals surface area contributed by atoms with Gasteiger partial charge in [-0.15, -0.1) is 37.2 Å². The van der Waals surface area contributed by atoms with E-state index in [2.05, 4.69) is 21.2 Å². The number of carbonyl (C=O) groups is 1. The highest BCUT2D eigenvalue weighted by Gasteiger charge is 2.26. The van der Waals surface area contributed by atoms with Crippen LogP contribution in [-0.4, -0.2) is 50.1 Å². The van der Waals surface area contributed by atoms with Crippen LogP contribution >= 0.6 is 37.2 Å². The van der Waals surface area contributed by atoms with E-state index in [1.54, 1.807) is 0 Å². The van der Waals surface area contributed by atoms with Crippen molar-refractivity contribution in [3.63, 3.8) is 0 Å². The van der Waals surface area contributed by atoms with E-state index in [0.29, 0.717) is 0 Å². The minimum Gasteiger partial charge on any atom is -0.369 e. The zero-order chi connectivity index (χ0) is 14.7. The van der Waals surface area contributed by atoms with E-state index in [1.807, 2.05) is 18.2 Å². The number of amides is 1. The van der Waals surface area contributed by atoms with Crippen molar-refractivity contribution in [2.75, 3.05) is 49.5 Å². The molecule has 1 saturated carbocycles. The number of carbonyl (C=O) groups excluding carboxylic acids is 1. The van der Waals surface area contributed by atoms with Gasteiger partial charge >= 0.3 is 0 Å². The van der Waals surface area contributed by atoms with Gasteiger partial charge in [0.05, 0.1) is 6.54 Å². The highest BCUT2D eigenvalue weighted by atomic mass is 35.5. The predicted octanol–water partition coefficient (Wildman–Crippen LogP) is 2.38. The molecule has 1 heterocycles. The van der Waals surface area contributed by atoms with Gasteiger partial charge in [0.2, 0.25) is 5.91 Å². The standard InChI is InChI=1S/C16H24N4O.3ClH/c17-11-16(21)18-14-2-1-3-15(10-14)20-8-6-19(7-9-20)12-13-4-5-13;;;/h1-3,10,13H,4-9,11-12,17H2,(H,18,21);3*1H. The first-order chi connectivity index (χ1) is 10.2. The Bertz CT molecular complexity index is 506. The summed E-state index contributed by atoms with van der Waals surface area (Å²) in [6.45, 7) is 5.68. The highest BCUT2D eigenvalue weighted by molar-refractivity contribution is 5.92. The van der Waals surface area contributed by atoms with Crippen molar-refractivity contribution in [1.29, 1.82) is 0 Å². The van der Waals surface area contributed by atoms with E-state index in [1.165, 1.54) is 25.1 Å². The molecular formula is C16H27Cl3N4O. The Kier molecular flexibility index (Phi) is 10.7. The summed E-state index contributed by atoms with van der Waals surface area (Å²) in [4.78, 5) is 16.3. The molecule has 3 rings (SSSR count). The Balaban J connectivity index is 0.00000176. The molecule has 0 bridgehead atoms. The maximum atomic E-state index is 11.4. The molecule has 0 radical (unpaired) electrons. The second kappa shape index (κ2) is 11.0. The van der Waals surface area contributed by atoms with E-state index < -0.39 is 0 Å². The van der Waals surface area contributed by atoms with Crippen LogP contribution in [0.25, 0.3) is 0 Å². The molecule has 5 nitrogen and oxygen atoms in total. The van der Waals surface area contributed by atoms with Crippen LogP contribution in [0, 0.1) is 5.92 Å². The van der Waals surface area contributed by atoms with Crippen LogP contribution in [0.15, 0.2) is 24.3 Å². The van der Waals surface area contributed by atoms with E-state index in [0.717, 1.165) is 37.8 Å². The molecule has 0 atom stereocenters. The number of benzene rings is 1. The Morgan fingerprint density at radius 2 is 1.79 bits per heavy atom. The number of rotatable bonds is 5. The van der Waals surface area contributed by atoms with Gasteiger partial charge < -0.3 is 16.0 Å². The molecule has 24 heavy (non-hydrogen) atoms. The van der Waals surface area contributed by atoms with Gasteiger partial charge in [-0.05, 0) is 37.0 Å². The first kappa shape index (κ1) is 23.3. The van der Waals surface area contributed by atoms with Crippen molar-refractivity contribution < 1.29 is 4.79 Å². The van der Waals surface area contributed by atoms with Gasteiger partial charge in [-0.2, -0.15) is 0 Å². The quantitative estimate of drug-likeness (QED) is 0.801. The summed E-state index contributed by atoms with van der Waals surface area (Å²) in [5.74, 6) is 0.813. The Morgan fingerprint density at radius 1 is 1.12 bits per heavy atom. The summed E-state index contributed by atoms with van der Waals surface area (Å²) in [7, 11) is 0. The van der Waals surface area contributed by atoms with Crippen molar-refractivity contribution in [3.05, 3.63) is 24.3 Å². The smallest absolute Gasteiger partial charge is 0.238 e. The first-order valence-electron chi connectivity index (χ1n) is 7.82. The third-order valence-corrected chi connectivity index (χ3v) is 4.27. The molecule has 1 aliphatic carbocycles. The fourth-order valence-corrected chi connectivity index (χ4v) is 2.85. The Morgan fingerprint density at radius 3 is 2.38 bits per heavy atom. The summed E-state index contributed by atoms with van der Waals surface area (Å²) in [6, 6.07) is 8.03. The van der Waals surface area contributed by atoms with Crippen molar-refractivity contribution in [2.24, 2.45) is 11.7 Å². The van der Waals surface area contributed by atoms with Crippen molar-refractivity contribution in [3.8, 4) is 0 Å².